The number of nitrogens with zero attached hydrogens (tertiary/aromatic N) is 1. The number of aromatic nitrogens is 1. The third-order valence-electron chi connectivity index (χ3n) is 2.72. The molecule has 1 aliphatic heterocycles. The number of nitrogens with one attached hydrogen (secondary N) is 1. The molecule has 0 saturated heterocycles. The van der Waals surface area contributed by atoms with Crippen molar-refractivity contribution in [1.29, 1.82) is 0 Å². The fourth-order valence-corrected chi connectivity index (χ4v) is 1.65. The zero-order valence-electron chi connectivity index (χ0n) is 8.42. The Morgan fingerprint density at radius 3 is 2.64 bits per heavy atom. The van der Waals surface area contributed by atoms with E-state index in [4.69, 9.17) is 0 Å². The molecule has 0 unspecified atom stereocenters. The first kappa shape index (κ1) is 8.99. The first-order valence-corrected chi connectivity index (χ1v) is 4.45. The highest BCUT2D eigenvalue weighted by atomic mass is 16.2. The molecular weight excluding hydrogens is 180 g/mol. The molecular formula is C10H12N2O2. The number of aryl methyl sites for hydroxylation is 1. The molecule has 0 radical (unpaired) electrons. The highest BCUT2D eigenvalue weighted by Gasteiger charge is 2.38. The van der Waals surface area contributed by atoms with Crippen molar-refractivity contribution in [2.45, 2.75) is 19.3 Å². The lowest BCUT2D eigenvalue weighted by molar-refractivity contribution is -0.119. The van der Waals surface area contributed by atoms with Crippen molar-refractivity contribution in [3.63, 3.8) is 0 Å². The molecule has 2 heterocycles. The highest BCUT2D eigenvalue weighted by molar-refractivity contribution is 6.05. The van der Waals surface area contributed by atoms with E-state index in [0.717, 1.165) is 11.3 Å². The Hall–Kier alpha value is -1.58. The van der Waals surface area contributed by atoms with E-state index in [1.165, 1.54) is 10.6 Å². The van der Waals surface area contributed by atoms with E-state index in [0.29, 0.717) is 0 Å². The van der Waals surface area contributed by atoms with E-state index in [-0.39, 0.29) is 11.5 Å². The predicted octanol–water partition coefficient (Wildman–Crippen LogP) is 0.615. The Balaban J connectivity index is 2.73. The summed E-state index contributed by atoms with van der Waals surface area (Å²) in [6.07, 6.45) is 1.66. The van der Waals surface area contributed by atoms with Crippen LogP contribution >= 0.6 is 0 Å². The van der Waals surface area contributed by atoms with Crippen molar-refractivity contribution in [3.05, 3.63) is 28.2 Å². The molecule has 1 aromatic heterocycles. The topological polar surface area (TPSA) is 51.1 Å². The second kappa shape index (κ2) is 2.47. The molecule has 0 saturated carbocycles. The summed E-state index contributed by atoms with van der Waals surface area (Å²) in [5.41, 5.74) is 0.837. The minimum absolute atomic E-state index is 0.0573. The van der Waals surface area contributed by atoms with Gasteiger partial charge in [0.15, 0.2) is 0 Å². The molecule has 1 aromatic rings. The zero-order valence-corrected chi connectivity index (χ0v) is 8.42. The Morgan fingerprint density at radius 2 is 2.00 bits per heavy atom. The normalized spacial score (nSPS) is 17.8. The van der Waals surface area contributed by atoms with Crippen LogP contribution < -0.4 is 10.9 Å². The third-order valence-corrected chi connectivity index (χ3v) is 2.72. The van der Waals surface area contributed by atoms with Gasteiger partial charge in [-0.3, -0.25) is 9.59 Å². The van der Waals surface area contributed by atoms with Crippen molar-refractivity contribution in [1.82, 2.24) is 4.57 Å². The summed E-state index contributed by atoms with van der Waals surface area (Å²) >= 11 is 0. The van der Waals surface area contributed by atoms with Crippen molar-refractivity contribution in [2.24, 2.45) is 7.05 Å². The standard InChI is InChI=1S/C10H12N2O2/c1-10(2)6-4-8(13)12(3)5-7(6)11-9(10)14/h4-5H,1-3H3,(H,11,14). The van der Waals surface area contributed by atoms with Gasteiger partial charge in [0.2, 0.25) is 5.91 Å². The summed E-state index contributed by atoms with van der Waals surface area (Å²) in [6.45, 7) is 3.63. The number of fused-ring (bicyclic) bond motifs is 1. The van der Waals surface area contributed by atoms with Crippen molar-refractivity contribution in [2.75, 3.05) is 5.32 Å². The van der Waals surface area contributed by atoms with Crippen LogP contribution in [0, 0.1) is 0 Å². The van der Waals surface area contributed by atoms with Gasteiger partial charge in [-0.05, 0) is 19.4 Å². The summed E-state index contributed by atoms with van der Waals surface area (Å²) in [6, 6.07) is 1.52. The van der Waals surface area contributed by atoms with E-state index in [1.54, 1.807) is 13.2 Å². The van der Waals surface area contributed by atoms with Gasteiger partial charge < -0.3 is 9.88 Å². The maximum atomic E-state index is 11.6. The quantitative estimate of drug-likeness (QED) is 0.655. The van der Waals surface area contributed by atoms with E-state index in [1.807, 2.05) is 13.8 Å². The van der Waals surface area contributed by atoms with Crippen LogP contribution in [0.4, 0.5) is 5.69 Å². The van der Waals surface area contributed by atoms with Crippen molar-refractivity contribution in [3.8, 4) is 0 Å². The summed E-state index contributed by atoms with van der Waals surface area (Å²) in [7, 11) is 1.67. The highest BCUT2D eigenvalue weighted by Crippen LogP contribution is 2.35. The summed E-state index contributed by atoms with van der Waals surface area (Å²) in [4.78, 5) is 23.0. The number of carbonyl (C=O) groups is 1. The first-order chi connectivity index (χ1) is 6.43. The lowest BCUT2D eigenvalue weighted by atomic mass is 9.87. The molecule has 0 aromatic carbocycles. The summed E-state index contributed by atoms with van der Waals surface area (Å²) in [5, 5.41) is 2.76. The maximum Gasteiger partial charge on any atom is 0.250 e. The van der Waals surface area contributed by atoms with Crippen LogP contribution in [0.1, 0.15) is 19.4 Å². The maximum absolute atomic E-state index is 11.6. The van der Waals surface area contributed by atoms with E-state index < -0.39 is 5.41 Å². The lowest BCUT2D eigenvalue weighted by Crippen LogP contribution is -2.27. The average Bonchev–Trinajstić information content (AvgIpc) is 2.28. The molecule has 4 nitrogen and oxygen atoms in total. The number of pyridine rings is 1. The molecule has 2 rings (SSSR count). The van der Waals surface area contributed by atoms with Crippen LogP contribution in [-0.4, -0.2) is 10.5 Å². The molecule has 0 atom stereocenters. The monoisotopic (exact) mass is 192 g/mol. The number of anilines is 1. The van der Waals surface area contributed by atoms with Gasteiger partial charge in [-0.25, -0.2) is 0 Å². The van der Waals surface area contributed by atoms with Gasteiger partial charge >= 0.3 is 0 Å². The lowest BCUT2D eigenvalue weighted by Gasteiger charge is -2.14. The van der Waals surface area contributed by atoms with Crippen molar-refractivity contribution >= 4 is 11.6 Å². The van der Waals surface area contributed by atoms with Crippen molar-refractivity contribution < 1.29 is 4.79 Å². The van der Waals surface area contributed by atoms with Gasteiger partial charge in [0.05, 0.1) is 11.1 Å². The first-order valence-electron chi connectivity index (χ1n) is 4.45. The fraction of sp³-hybridized carbons (Fsp3) is 0.400. The number of hydrogen-bond donors (Lipinski definition) is 1. The molecule has 0 aliphatic carbocycles. The van der Waals surface area contributed by atoms with Gasteiger partial charge in [-0.15, -0.1) is 0 Å². The number of carbonyl (C=O) groups excluding carboxylic acids is 1. The summed E-state index contributed by atoms with van der Waals surface area (Å²) < 4.78 is 1.46. The van der Waals surface area contributed by atoms with Gasteiger partial charge in [-0.2, -0.15) is 0 Å². The fourth-order valence-electron chi connectivity index (χ4n) is 1.65. The minimum atomic E-state index is -0.594. The molecule has 0 bridgehead atoms. The van der Waals surface area contributed by atoms with Crippen LogP contribution in [0.25, 0.3) is 0 Å². The van der Waals surface area contributed by atoms with E-state index in [9.17, 15) is 9.59 Å². The van der Waals surface area contributed by atoms with Crippen LogP contribution in [0.3, 0.4) is 0 Å². The van der Waals surface area contributed by atoms with E-state index >= 15 is 0 Å². The minimum Gasteiger partial charge on any atom is -0.324 e. The van der Waals surface area contributed by atoms with Crippen LogP contribution in [0.5, 0.6) is 0 Å². The van der Waals surface area contributed by atoms with Crippen LogP contribution in [0.2, 0.25) is 0 Å². The van der Waals surface area contributed by atoms with Gasteiger partial charge in [0, 0.05) is 19.3 Å². The Morgan fingerprint density at radius 1 is 1.36 bits per heavy atom. The molecule has 1 N–H and O–H groups in total. The van der Waals surface area contributed by atoms with Gasteiger partial charge in [-0.1, -0.05) is 0 Å². The third kappa shape index (κ3) is 0.999. The SMILES string of the molecule is Cn1cc2c(cc1=O)C(C)(C)C(=O)N2. The van der Waals surface area contributed by atoms with Crippen LogP contribution in [-0.2, 0) is 17.3 Å². The Labute approximate surface area is 81.6 Å². The molecule has 1 aliphatic rings. The summed E-state index contributed by atoms with van der Waals surface area (Å²) in [5.74, 6) is -0.0573. The smallest absolute Gasteiger partial charge is 0.250 e. The Bertz CT molecular complexity index is 472. The largest absolute Gasteiger partial charge is 0.324 e. The molecule has 4 heteroatoms. The molecule has 0 spiro atoms. The second-order valence-corrected chi connectivity index (χ2v) is 4.13. The number of amides is 1. The molecule has 0 fully saturated rings. The van der Waals surface area contributed by atoms with Gasteiger partial charge in [0.25, 0.3) is 5.56 Å². The zero-order chi connectivity index (χ0) is 10.5. The average molecular weight is 192 g/mol. The van der Waals surface area contributed by atoms with Gasteiger partial charge in [0.1, 0.15) is 0 Å². The molecule has 74 valence electrons. The number of hydrogen-bond acceptors (Lipinski definition) is 2. The number of rotatable bonds is 0. The molecule has 1 amide bonds. The predicted molar refractivity (Wildman–Crippen MR) is 53.3 cm³/mol. The second-order valence-electron chi connectivity index (χ2n) is 4.13. The van der Waals surface area contributed by atoms with E-state index in [2.05, 4.69) is 5.32 Å². The molecule has 14 heavy (non-hydrogen) atoms. The van der Waals surface area contributed by atoms with Crippen LogP contribution in [0.15, 0.2) is 17.1 Å². The Kier molecular flexibility index (Phi) is 1.58.